The number of nitrogens with one attached hydrogen (secondary N) is 1. The molecule has 4 heteroatoms. The highest BCUT2D eigenvalue weighted by Gasteiger charge is 2.25. The number of anilines is 1. The zero-order valence-electron chi connectivity index (χ0n) is 16.1. The minimum atomic E-state index is 0.0995. The maximum Gasteiger partial charge on any atom is 0.227 e. The quantitative estimate of drug-likeness (QED) is 0.489. The molecule has 1 aliphatic heterocycles. The van der Waals surface area contributed by atoms with Gasteiger partial charge >= 0.3 is 0 Å². The monoisotopic (exact) mass is 484 g/mol. The minimum Gasteiger partial charge on any atom is -0.326 e. The van der Waals surface area contributed by atoms with Gasteiger partial charge in [0.1, 0.15) is 0 Å². The van der Waals surface area contributed by atoms with Crippen LogP contribution in [0.3, 0.4) is 0 Å². The van der Waals surface area contributed by atoms with Crippen LogP contribution in [-0.4, -0.2) is 23.9 Å². The number of rotatable bonds is 4. The fraction of sp³-hybridized carbons (Fsp3) is 0.292. The van der Waals surface area contributed by atoms with Gasteiger partial charge in [0, 0.05) is 21.7 Å². The molecule has 0 spiro atoms. The van der Waals surface area contributed by atoms with E-state index in [2.05, 4.69) is 81.3 Å². The van der Waals surface area contributed by atoms with Crippen LogP contribution in [0, 0.1) is 16.4 Å². The highest BCUT2D eigenvalue weighted by molar-refractivity contribution is 14.1. The van der Waals surface area contributed by atoms with Crippen LogP contribution in [0.15, 0.2) is 60.7 Å². The van der Waals surface area contributed by atoms with Crippen LogP contribution < -0.4 is 5.32 Å². The first-order valence-electron chi connectivity index (χ1n) is 9.86. The van der Waals surface area contributed by atoms with E-state index in [1.807, 2.05) is 19.1 Å². The smallest absolute Gasteiger partial charge is 0.227 e. The first-order valence-corrected chi connectivity index (χ1v) is 10.9. The summed E-state index contributed by atoms with van der Waals surface area (Å²) in [6.07, 6.45) is 1.83. The second-order valence-electron chi connectivity index (χ2n) is 7.64. The van der Waals surface area contributed by atoms with Gasteiger partial charge in [-0.25, -0.2) is 0 Å². The lowest BCUT2D eigenvalue weighted by atomic mass is 9.95. The van der Waals surface area contributed by atoms with Gasteiger partial charge in [0.25, 0.3) is 0 Å². The number of hydrogen-bond donors (Lipinski definition) is 1. The molecule has 0 saturated carbocycles. The number of aryl methyl sites for hydroxylation is 1. The van der Waals surface area contributed by atoms with Crippen molar-refractivity contribution in [2.24, 2.45) is 5.92 Å². The second-order valence-corrected chi connectivity index (χ2v) is 8.88. The lowest BCUT2D eigenvalue weighted by Crippen LogP contribution is -2.37. The molecule has 3 nitrogen and oxygen atoms in total. The number of halogens is 1. The van der Waals surface area contributed by atoms with Crippen LogP contribution >= 0.6 is 22.6 Å². The highest BCUT2D eigenvalue weighted by atomic mass is 127. The molecule has 1 amide bonds. The molecule has 0 unspecified atom stereocenters. The van der Waals surface area contributed by atoms with E-state index >= 15 is 0 Å². The van der Waals surface area contributed by atoms with Crippen LogP contribution in [0.5, 0.6) is 0 Å². The van der Waals surface area contributed by atoms with E-state index in [9.17, 15) is 4.79 Å². The molecule has 4 rings (SSSR count). The third-order valence-electron chi connectivity index (χ3n) is 5.68. The van der Waals surface area contributed by atoms with Gasteiger partial charge in [-0.1, -0.05) is 42.5 Å². The topological polar surface area (TPSA) is 32.3 Å². The van der Waals surface area contributed by atoms with Crippen LogP contribution in [0.4, 0.5) is 5.69 Å². The number of nitrogens with zero attached hydrogens (tertiary/aromatic N) is 1. The van der Waals surface area contributed by atoms with Crippen LogP contribution in [0.1, 0.15) is 24.0 Å². The van der Waals surface area contributed by atoms with Crippen molar-refractivity contribution >= 4 is 45.0 Å². The summed E-state index contributed by atoms with van der Waals surface area (Å²) in [5.74, 6) is 0.261. The van der Waals surface area contributed by atoms with Crippen molar-refractivity contribution in [1.29, 1.82) is 0 Å². The first-order chi connectivity index (χ1) is 13.6. The summed E-state index contributed by atoms with van der Waals surface area (Å²) in [4.78, 5) is 15.2. The number of piperidine rings is 1. The molecule has 0 aliphatic carbocycles. The largest absolute Gasteiger partial charge is 0.326 e. The van der Waals surface area contributed by atoms with Gasteiger partial charge in [0.05, 0.1) is 0 Å². The third-order valence-corrected chi connectivity index (χ3v) is 6.35. The van der Waals surface area contributed by atoms with Gasteiger partial charge in [0.15, 0.2) is 0 Å². The molecular weight excluding hydrogens is 459 g/mol. The number of fused-ring (bicyclic) bond motifs is 1. The van der Waals surface area contributed by atoms with Crippen molar-refractivity contribution in [2.75, 3.05) is 18.4 Å². The van der Waals surface area contributed by atoms with E-state index in [1.165, 1.54) is 19.9 Å². The summed E-state index contributed by atoms with van der Waals surface area (Å²) in [7, 11) is 0. The molecule has 3 aromatic carbocycles. The van der Waals surface area contributed by atoms with Crippen molar-refractivity contribution < 1.29 is 4.79 Å². The summed E-state index contributed by atoms with van der Waals surface area (Å²) in [6.45, 7) is 4.93. The summed E-state index contributed by atoms with van der Waals surface area (Å²) in [5.41, 5.74) is 3.42. The number of carbonyl (C=O) groups is 1. The lowest BCUT2D eigenvalue weighted by molar-refractivity contribution is -0.121. The number of amides is 1. The van der Waals surface area contributed by atoms with Crippen LogP contribution in [0.25, 0.3) is 10.8 Å². The van der Waals surface area contributed by atoms with Gasteiger partial charge in [-0.15, -0.1) is 0 Å². The van der Waals surface area contributed by atoms with E-state index in [0.717, 1.165) is 43.7 Å². The Morgan fingerprint density at radius 1 is 1.07 bits per heavy atom. The Morgan fingerprint density at radius 3 is 2.61 bits per heavy atom. The van der Waals surface area contributed by atoms with E-state index in [-0.39, 0.29) is 11.8 Å². The van der Waals surface area contributed by atoms with Gasteiger partial charge in [-0.3, -0.25) is 9.69 Å². The number of carbonyl (C=O) groups excluding carboxylic acids is 1. The molecule has 1 fully saturated rings. The normalized spacial score (nSPS) is 15.6. The molecule has 0 radical (unpaired) electrons. The van der Waals surface area contributed by atoms with Crippen molar-refractivity contribution in [2.45, 2.75) is 26.3 Å². The van der Waals surface area contributed by atoms with Gasteiger partial charge in [-0.2, -0.15) is 0 Å². The van der Waals surface area contributed by atoms with Gasteiger partial charge < -0.3 is 5.32 Å². The lowest BCUT2D eigenvalue weighted by Gasteiger charge is -2.31. The van der Waals surface area contributed by atoms with Gasteiger partial charge in [0.2, 0.25) is 5.91 Å². The molecule has 0 atom stereocenters. The molecule has 1 N–H and O–H groups in total. The molecule has 144 valence electrons. The van der Waals surface area contributed by atoms with Gasteiger partial charge in [-0.05, 0) is 95.5 Å². The maximum atomic E-state index is 12.7. The average Bonchev–Trinajstić information content (AvgIpc) is 2.71. The first kappa shape index (κ1) is 19.4. The minimum absolute atomic E-state index is 0.0995. The van der Waals surface area contributed by atoms with Crippen LogP contribution in [-0.2, 0) is 11.3 Å². The summed E-state index contributed by atoms with van der Waals surface area (Å²) >= 11 is 2.30. The molecule has 1 saturated heterocycles. The predicted octanol–water partition coefficient (Wildman–Crippen LogP) is 5.60. The van der Waals surface area contributed by atoms with Crippen molar-refractivity contribution in [3.8, 4) is 0 Å². The summed E-state index contributed by atoms with van der Waals surface area (Å²) in [6, 6.07) is 21.2. The average molecular weight is 484 g/mol. The number of likely N-dealkylation sites (tertiary alicyclic amines) is 1. The van der Waals surface area contributed by atoms with Crippen molar-refractivity contribution in [3.63, 3.8) is 0 Å². The molecule has 28 heavy (non-hydrogen) atoms. The Kier molecular flexibility index (Phi) is 5.97. The Bertz CT molecular complexity index is 988. The SMILES string of the molecule is Cc1cc(I)ccc1NC(=O)C1CCN(Cc2cccc3ccccc23)CC1. The van der Waals surface area contributed by atoms with Crippen molar-refractivity contribution in [1.82, 2.24) is 4.90 Å². The fourth-order valence-corrected chi connectivity index (χ4v) is 4.67. The Hall–Kier alpha value is -1.92. The Morgan fingerprint density at radius 2 is 1.82 bits per heavy atom. The Labute approximate surface area is 180 Å². The highest BCUT2D eigenvalue weighted by Crippen LogP contribution is 2.25. The molecule has 1 heterocycles. The standard InChI is InChI=1S/C24H25IN2O/c1-17-15-21(25)9-10-23(17)26-24(28)19-11-13-27(14-12-19)16-20-7-4-6-18-5-2-3-8-22(18)20/h2-10,15,19H,11-14,16H2,1H3,(H,26,28). The van der Waals surface area contributed by atoms with E-state index in [4.69, 9.17) is 0 Å². The van der Waals surface area contributed by atoms with Crippen LogP contribution in [0.2, 0.25) is 0 Å². The number of hydrogen-bond acceptors (Lipinski definition) is 2. The molecule has 0 aromatic heterocycles. The van der Waals surface area contributed by atoms with Crippen molar-refractivity contribution in [3.05, 3.63) is 75.4 Å². The Balaban J connectivity index is 1.36. The van der Waals surface area contributed by atoms with E-state index in [1.54, 1.807) is 0 Å². The molecular formula is C24H25IN2O. The molecule has 0 bridgehead atoms. The summed E-state index contributed by atoms with van der Waals surface area (Å²) in [5, 5.41) is 5.76. The maximum absolute atomic E-state index is 12.7. The third kappa shape index (κ3) is 4.39. The predicted molar refractivity (Wildman–Crippen MR) is 124 cm³/mol. The van der Waals surface area contributed by atoms with E-state index < -0.39 is 0 Å². The zero-order valence-corrected chi connectivity index (χ0v) is 18.3. The summed E-state index contributed by atoms with van der Waals surface area (Å²) < 4.78 is 1.19. The fourth-order valence-electron chi connectivity index (χ4n) is 4.03. The molecule has 1 aliphatic rings. The molecule has 3 aromatic rings. The number of benzene rings is 3. The zero-order chi connectivity index (χ0) is 19.5. The van der Waals surface area contributed by atoms with E-state index in [0.29, 0.717) is 0 Å². The second kappa shape index (κ2) is 8.62.